The Labute approximate surface area is 262 Å². The summed E-state index contributed by atoms with van der Waals surface area (Å²) in [4.78, 5) is 44.9. The molecule has 0 saturated heterocycles. The molecule has 2 heterocycles. The van der Waals surface area contributed by atoms with Crippen molar-refractivity contribution in [1.82, 2.24) is 4.57 Å². The first-order valence-electron chi connectivity index (χ1n) is 14.2. The van der Waals surface area contributed by atoms with E-state index in [4.69, 9.17) is 14.2 Å². The number of fused-ring (bicyclic) bond motifs is 1. The smallest absolute Gasteiger partial charge is 0.338 e. The molecule has 0 radical (unpaired) electrons. The predicted octanol–water partition coefficient (Wildman–Crippen LogP) is 5.56. The summed E-state index contributed by atoms with van der Waals surface area (Å²) in [5.41, 5.74) is 2.95. The zero-order chi connectivity index (χ0) is 31.3. The molecule has 1 aromatic heterocycles. The van der Waals surface area contributed by atoms with Crippen LogP contribution in [0, 0.1) is 0 Å². The molecule has 8 nitrogen and oxygen atoms in total. The monoisotopic (exact) mass is 616 g/mol. The molecule has 1 unspecified atom stereocenters. The van der Waals surface area contributed by atoms with Gasteiger partial charge in [-0.25, -0.2) is 14.6 Å². The number of benzene rings is 4. The molecule has 0 bridgehead atoms. The third kappa shape index (κ3) is 6.39. The summed E-state index contributed by atoms with van der Waals surface area (Å²) in [6.07, 6.45) is 1.78. The van der Waals surface area contributed by atoms with E-state index in [-0.39, 0.29) is 17.7 Å². The molecule has 1 aliphatic heterocycles. The van der Waals surface area contributed by atoms with Crippen molar-refractivity contribution in [3.05, 3.63) is 162 Å². The van der Waals surface area contributed by atoms with Crippen LogP contribution in [0.1, 0.15) is 40.0 Å². The minimum absolute atomic E-state index is 0.0657. The Bertz CT molecular complexity index is 2080. The van der Waals surface area contributed by atoms with Gasteiger partial charge in [0.2, 0.25) is 0 Å². The van der Waals surface area contributed by atoms with E-state index in [1.165, 1.54) is 23.0 Å². The molecule has 0 N–H and O–H groups in total. The molecule has 0 amide bonds. The Hall–Kier alpha value is -5.54. The zero-order valence-corrected chi connectivity index (χ0v) is 25.3. The summed E-state index contributed by atoms with van der Waals surface area (Å²) < 4.78 is 18.5. The van der Waals surface area contributed by atoms with E-state index in [2.05, 4.69) is 4.99 Å². The van der Waals surface area contributed by atoms with E-state index in [0.717, 1.165) is 11.1 Å². The van der Waals surface area contributed by atoms with Crippen molar-refractivity contribution in [3.8, 4) is 11.5 Å². The van der Waals surface area contributed by atoms with Gasteiger partial charge in [0.15, 0.2) is 4.80 Å². The van der Waals surface area contributed by atoms with E-state index >= 15 is 0 Å². The average Bonchev–Trinajstić information content (AvgIpc) is 3.37. The fourth-order valence-corrected chi connectivity index (χ4v) is 6.11. The van der Waals surface area contributed by atoms with Crippen LogP contribution in [0.3, 0.4) is 0 Å². The van der Waals surface area contributed by atoms with Crippen LogP contribution in [0.4, 0.5) is 0 Å². The first kappa shape index (κ1) is 29.5. The molecule has 6 rings (SSSR count). The molecular weight excluding hydrogens is 588 g/mol. The van der Waals surface area contributed by atoms with Gasteiger partial charge in [-0.2, -0.15) is 0 Å². The van der Waals surface area contributed by atoms with Crippen molar-refractivity contribution in [2.45, 2.75) is 19.6 Å². The maximum atomic E-state index is 14.1. The van der Waals surface area contributed by atoms with Crippen LogP contribution in [-0.4, -0.2) is 23.6 Å². The molecule has 45 heavy (non-hydrogen) atoms. The Morgan fingerprint density at radius 3 is 2.27 bits per heavy atom. The van der Waals surface area contributed by atoms with Crippen LogP contribution >= 0.6 is 11.3 Å². The molecule has 9 heteroatoms. The number of carbonyl (C=O) groups excluding carboxylic acids is 2. The van der Waals surface area contributed by atoms with Crippen molar-refractivity contribution >= 4 is 29.4 Å². The van der Waals surface area contributed by atoms with Crippen molar-refractivity contribution < 1.29 is 23.8 Å². The number of nitrogens with zero attached hydrogens (tertiary/aromatic N) is 2. The highest BCUT2D eigenvalue weighted by Crippen LogP contribution is 2.31. The SMILES string of the molecule is COC(=O)c1ccc(C2C(C(=O)OCc3ccccc3)=C(C)N=c3sc(=Cc4cccc(Oc5ccccc5)c4)c(=O)n32)cc1. The lowest BCUT2D eigenvalue weighted by molar-refractivity contribution is -0.140. The number of ether oxygens (including phenoxy) is 3. The van der Waals surface area contributed by atoms with Gasteiger partial charge >= 0.3 is 11.9 Å². The summed E-state index contributed by atoms with van der Waals surface area (Å²) in [7, 11) is 1.31. The lowest BCUT2D eigenvalue weighted by Gasteiger charge is -2.25. The quantitative estimate of drug-likeness (QED) is 0.212. The normalized spacial score (nSPS) is 14.4. The van der Waals surface area contributed by atoms with Crippen LogP contribution in [0.15, 0.2) is 130 Å². The minimum Gasteiger partial charge on any atom is -0.465 e. The highest BCUT2D eigenvalue weighted by Gasteiger charge is 2.33. The van der Waals surface area contributed by atoms with Crippen molar-refractivity contribution in [1.29, 1.82) is 0 Å². The van der Waals surface area contributed by atoms with E-state index in [1.807, 2.05) is 84.9 Å². The van der Waals surface area contributed by atoms with E-state index in [9.17, 15) is 14.4 Å². The Kier molecular flexibility index (Phi) is 8.52. The van der Waals surface area contributed by atoms with Crippen LogP contribution in [0.5, 0.6) is 11.5 Å². The van der Waals surface area contributed by atoms with Crippen LogP contribution in [0.2, 0.25) is 0 Å². The van der Waals surface area contributed by atoms with Crippen LogP contribution in [-0.2, 0) is 20.9 Å². The molecule has 5 aromatic rings. The molecule has 0 aliphatic carbocycles. The van der Waals surface area contributed by atoms with Crippen molar-refractivity contribution in [2.24, 2.45) is 4.99 Å². The highest BCUT2D eigenvalue weighted by atomic mass is 32.1. The van der Waals surface area contributed by atoms with E-state index in [0.29, 0.717) is 37.7 Å². The van der Waals surface area contributed by atoms with Gasteiger partial charge in [0.1, 0.15) is 18.1 Å². The van der Waals surface area contributed by atoms with Gasteiger partial charge < -0.3 is 14.2 Å². The summed E-state index contributed by atoms with van der Waals surface area (Å²) in [6.45, 7) is 1.80. The van der Waals surface area contributed by atoms with E-state index in [1.54, 1.807) is 37.3 Å². The minimum atomic E-state index is -0.828. The van der Waals surface area contributed by atoms with Gasteiger partial charge in [-0.15, -0.1) is 0 Å². The summed E-state index contributed by atoms with van der Waals surface area (Å²) in [5.74, 6) is 0.264. The van der Waals surface area contributed by atoms with Crippen LogP contribution in [0.25, 0.3) is 6.08 Å². The second kappa shape index (κ2) is 13.0. The standard InChI is InChI=1S/C36H28N2O6S/c1-23-31(35(41)43-22-24-10-5-3-6-11-24)32(26-16-18-27(19-17-26)34(40)42-2)38-33(39)30(45-36(38)37-23)21-25-12-9-15-29(20-25)44-28-13-7-4-8-14-28/h3-21,32H,22H2,1-2H3. The fourth-order valence-electron chi connectivity index (χ4n) is 5.06. The molecule has 224 valence electrons. The van der Waals surface area contributed by atoms with Gasteiger partial charge in [-0.3, -0.25) is 9.36 Å². The Morgan fingerprint density at radius 2 is 1.56 bits per heavy atom. The number of hydrogen-bond acceptors (Lipinski definition) is 8. The number of rotatable bonds is 8. The maximum Gasteiger partial charge on any atom is 0.338 e. The molecular formula is C36H28N2O6S. The first-order valence-corrected chi connectivity index (χ1v) is 15.0. The van der Waals surface area contributed by atoms with Gasteiger partial charge in [0, 0.05) is 0 Å². The largest absolute Gasteiger partial charge is 0.465 e. The highest BCUT2D eigenvalue weighted by molar-refractivity contribution is 7.07. The maximum absolute atomic E-state index is 14.1. The lowest BCUT2D eigenvalue weighted by atomic mass is 9.95. The van der Waals surface area contributed by atoms with Crippen LogP contribution < -0.4 is 19.6 Å². The first-order chi connectivity index (χ1) is 21.9. The number of allylic oxidation sites excluding steroid dienone is 1. The van der Waals surface area contributed by atoms with Gasteiger partial charge in [-0.1, -0.05) is 84.1 Å². The third-order valence-electron chi connectivity index (χ3n) is 7.24. The number of carbonyl (C=O) groups is 2. The molecule has 4 aromatic carbocycles. The topological polar surface area (TPSA) is 96.2 Å². The average molecular weight is 617 g/mol. The zero-order valence-electron chi connectivity index (χ0n) is 24.5. The number of esters is 2. The fraction of sp³-hybridized carbons (Fsp3) is 0.111. The summed E-state index contributed by atoms with van der Waals surface area (Å²) in [6, 6.07) is 32.1. The number of hydrogen-bond donors (Lipinski definition) is 0. The molecule has 0 fully saturated rings. The van der Waals surface area contributed by atoms with E-state index < -0.39 is 18.0 Å². The summed E-state index contributed by atoms with van der Waals surface area (Å²) >= 11 is 1.23. The Morgan fingerprint density at radius 1 is 0.867 bits per heavy atom. The summed E-state index contributed by atoms with van der Waals surface area (Å²) in [5, 5.41) is 0. The third-order valence-corrected chi connectivity index (χ3v) is 8.22. The number of methoxy groups -OCH3 is 1. The molecule has 1 atom stereocenters. The number of aromatic nitrogens is 1. The lowest BCUT2D eigenvalue weighted by Crippen LogP contribution is -2.39. The Balaban J connectivity index is 1.41. The van der Waals surface area contributed by atoms with Gasteiger partial charge in [0.05, 0.1) is 34.5 Å². The second-order valence-electron chi connectivity index (χ2n) is 10.2. The van der Waals surface area contributed by atoms with Crippen molar-refractivity contribution in [2.75, 3.05) is 7.11 Å². The second-order valence-corrected chi connectivity index (χ2v) is 11.3. The molecule has 1 aliphatic rings. The number of para-hydroxylation sites is 1. The molecule has 0 spiro atoms. The predicted molar refractivity (Wildman–Crippen MR) is 171 cm³/mol. The number of thiazole rings is 1. The van der Waals surface area contributed by atoms with Gasteiger partial charge in [0.25, 0.3) is 5.56 Å². The molecule has 0 saturated carbocycles. The van der Waals surface area contributed by atoms with Crippen molar-refractivity contribution in [3.63, 3.8) is 0 Å². The van der Waals surface area contributed by atoms with Gasteiger partial charge in [-0.05, 0) is 66.1 Å².